The number of carbonyl (C=O) groups is 1. The molecule has 0 unspecified atom stereocenters. The summed E-state index contributed by atoms with van der Waals surface area (Å²) in [5.41, 5.74) is 2.40. The second-order valence-corrected chi connectivity index (χ2v) is 7.17. The Hall–Kier alpha value is -3.35. The molecule has 0 saturated carbocycles. The minimum Gasteiger partial charge on any atom is -0.486 e. The molecule has 1 aromatic heterocycles. The van der Waals surface area contributed by atoms with Crippen molar-refractivity contribution < 1.29 is 27.1 Å². The van der Waals surface area contributed by atoms with Gasteiger partial charge in [-0.25, -0.2) is 8.78 Å². The summed E-state index contributed by atoms with van der Waals surface area (Å²) >= 11 is 0. The van der Waals surface area contributed by atoms with Gasteiger partial charge in [0, 0.05) is 33.9 Å². The Morgan fingerprint density at radius 1 is 0.968 bits per heavy atom. The molecule has 0 bridgehead atoms. The molecule has 0 aliphatic carbocycles. The molecule has 4 aromatic rings. The van der Waals surface area contributed by atoms with Crippen molar-refractivity contribution in [2.24, 2.45) is 0 Å². The van der Waals surface area contributed by atoms with Gasteiger partial charge in [-0.15, -0.1) is 0 Å². The van der Waals surface area contributed by atoms with Crippen LogP contribution in [0.15, 0.2) is 66.7 Å². The standard InChI is InChI=1S/C24H19F4NO2/c1-2-29-19-9-5-3-7-16(19)18-13-15(11-12-20(18)29)22(30)17-8-4-6-10-21(17)31-14-24(27,28)23(25)26/h3-13,23H,2,14H2,1H3. The van der Waals surface area contributed by atoms with Gasteiger partial charge in [-0.3, -0.25) is 4.79 Å². The van der Waals surface area contributed by atoms with Crippen LogP contribution in [0, 0.1) is 0 Å². The highest BCUT2D eigenvalue weighted by Gasteiger charge is 2.42. The highest BCUT2D eigenvalue weighted by atomic mass is 19.3. The summed E-state index contributed by atoms with van der Waals surface area (Å²) in [5.74, 6) is -4.91. The van der Waals surface area contributed by atoms with Gasteiger partial charge in [-0.2, -0.15) is 8.78 Å². The molecule has 0 N–H and O–H groups in total. The Bertz CT molecular complexity index is 1260. The average molecular weight is 429 g/mol. The molecule has 4 rings (SSSR count). The van der Waals surface area contributed by atoms with Crippen molar-refractivity contribution in [2.75, 3.05) is 6.61 Å². The fourth-order valence-electron chi connectivity index (χ4n) is 3.71. The van der Waals surface area contributed by atoms with Crippen LogP contribution in [0.1, 0.15) is 22.8 Å². The van der Waals surface area contributed by atoms with Crippen LogP contribution in [0.3, 0.4) is 0 Å². The molecule has 0 saturated heterocycles. The van der Waals surface area contributed by atoms with Crippen LogP contribution in [0.25, 0.3) is 21.8 Å². The molecular formula is C24H19F4NO2. The van der Waals surface area contributed by atoms with Gasteiger partial charge in [0.1, 0.15) is 5.75 Å². The summed E-state index contributed by atoms with van der Waals surface area (Å²) in [4.78, 5) is 13.2. The van der Waals surface area contributed by atoms with E-state index in [4.69, 9.17) is 4.74 Å². The third kappa shape index (κ3) is 3.76. The fourth-order valence-corrected chi connectivity index (χ4v) is 3.71. The van der Waals surface area contributed by atoms with Gasteiger partial charge in [0.15, 0.2) is 12.4 Å². The lowest BCUT2D eigenvalue weighted by atomic mass is 10.0. The molecule has 160 valence electrons. The first-order chi connectivity index (χ1) is 14.8. The summed E-state index contributed by atoms with van der Waals surface area (Å²) in [6.45, 7) is 1.28. The predicted molar refractivity (Wildman–Crippen MR) is 111 cm³/mol. The van der Waals surface area contributed by atoms with E-state index < -0.39 is 24.7 Å². The van der Waals surface area contributed by atoms with Crippen LogP contribution in [-0.4, -0.2) is 29.3 Å². The van der Waals surface area contributed by atoms with Crippen LogP contribution < -0.4 is 4.74 Å². The second-order valence-electron chi connectivity index (χ2n) is 7.17. The van der Waals surface area contributed by atoms with Crippen LogP contribution >= 0.6 is 0 Å². The van der Waals surface area contributed by atoms with E-state index in [1.165, 1.54) is 18.2 Å². The number of aromatic nitrogens is 1. The molecule has 0 radical (unpaired) electrons. The van der Waals surface area contributed by atoms with Gasteiger partial charge in [0.2, 0.25) is 0 Å². The first-order valence-corrected chi connectivity index (χ1v) is 9.77. The lowest BCUT2D eigenvalue weighted by molar-refractivity contribution is -0.148. The minimum atomic E-state index is -4.31. The number of hydrogen-bond acceptors (Lipinski definition) is 2. The third-order valence-corrected chi connectivity index (χ3v) is 5.22. The summed E-state index contributed by atoms with van der Waals surface area (Å²) < 4.78 is 58.5. The number of para-hydroxylation sites is 2. The Balaban J connectivity index is 1.73. The van der Waals surface area contributed by atoms with E-state index in [1.54, 1.807) is 18.2 Å². The topological polar surface area (TPSA) is 31.2 Å². The van der Waals surface area contributed by atoms with Gasteiger partial charge in [0.25, 0.3) is 0 Å². The van der Waals surface area contributed by atoms with Crippen molar-refractivity contribution >= 4 is 27.6 Å². The summed E-state index contributed by atoms with van der Waals surface area (Å²) in [6.07, 6.45) is -3.85. The van der Waals surface area contributed by atoms with E-state index in [9.17, 15) is 22.4 Å². The number of aryl methyl sites for hydroxylation is 1. The van der Waals surface area contributed by atoms with Gasteiger partial charge >= 0.3 is 12.3 Å². The summed E-state index contributed by atoms with van der Waals surface area (Å²) in [6, 6.07) is 18.9. The number of rotatable bonds is 7. The summed E-state index contributed by atoms with van der Waals surface area (Å²) in [7, 11) is 0. The van der Waals surface area contributed by atoms with Crippen LogP contribution in [0.5, 0.6) is 5.75 Å². The lowest BCUT2D eigenvalue weighted by Crippen LogP contribution is -2.34. The molecule has 1 heterocycles. The zero-order valence-electron chi connectivity index (χ0n) is 16.6. The smallest absolute Gasteiger partial charge is 0.340 e. The number of hydrogen-bond donors (Lipinski definition) is 0. The van der Waals surface area contributed by atoms with Crippen molar-refractivity contribution in [3.63, 3.8) is 0 Å². The molecule has 0 spiro atoms. The second kappa shape index (κ2) is 8.06. The first kappa shape index (κ1) is 20.9. The maximum Gasteiger partial charge on any atom is 0.340 e. The Morgan fingerprint density at radius 3 is 2.39 bits per heavy atom. The number of halogens is 4. The largest absolute Gasteiger partial charge is 0.486 e. The molecule has 31 heavy (non-hydrogen) atoms. The van der Waals surface area contributed by atoms with Gasteiger partial charge < -0.3 is 9.30 Å². The maximum atomic E-state index is 13.3. The molecule has 0 atom stereocenters. The van der Waals surface area contributed by atoms with E-state index in [0.717, 1.165) is 28.4 Å². The quantitative estimate of drug-likeness (QED) is 0.254. The Labute approximate surface area is 175 Å². The number of ether oxygens (including phenoxy) is 1. The number of carbonyl (C=O) groups excluding carboxylic acids is 1. The van der Waals surface area contributed by atoms with E-state index in [-0.39, 0.29) is 11.3 Å². The van der Waals surface area contributed by atoms with Crippen molar-refractivity contribution in [3.05, 3.63) is 77.9 Å². The normalized spacial score (nSPS) is 12.1. The van der Waals surface area contributed by atoms with Crippen LogP contribution in [-0.2, 0) is 6.54 Å². The van der Waals surface area contributed by atoms with E-state index in [2.05, 4.69) is 4.57 Å². The van der Waals surface area contributed by atoms with Crippen molar-refractivity contribution in [3.8, 4) is 5.75 Å². The number of benzene rings is 3. The van der Waals surface area contributed by atoms with Gasteiger partial charge in [0.05, 0.1) is 5.56 Å². The van der Waals surface area contributed by atoms with E-state index in [1.807, 2.05) is 37.3 Å². The maximum absolute atomic E-state index is 13.3. The van der Waals surface area contributed by atoms with E-state index in [0.29, 0.717) is 5.56 Å². The minimum absolute atomic E-state index is 0.0335. The van der Waals surface area contributed by atoms with Crippen LogP contribution in [0.2, 0.25) is 0 Å². The zero-order chi connectivity index (χ0) is 22.2. The van der Waals surface area contributed by atoms with Crippen molar-refractivity contribution in [2.45, 2.75) is 25.8 Å². The predicted octanol–water partition coefficient (Wildman–Crippen LogP) is 6.32. The molecular weight excluding hydrogens is 410 g/mol. The third-order valence-electron chi connectivity index (χ3n) is 5.22. The highest BCUT2D eigenvalue weighted by Crippen LogP contribution is 2.32. The monoisotopic (exact) mass is 429 g/mol. The van der Waals surface area contributed by atoms with Crippen molar-refractivity contribution in [1.82, 2.24) is 4.57 Å². The Morgan fingerprint density at radius 2 is 1.65 bits per heavy atom. The number of alkyl halides is 4. The number of ketones is 1. The molecule has 0 aliphatic heterocycles. The average Bonchev–Trinajstić information content (AvgIpc) is 3.10. The first-order valence-electron chi connectivity index (χ1n) is 9.77. The molecule has 7 heteroatoms. The lowest BCUT2D eigenvalue weighted by Gasteiger charge is -2.17. The van der Waals surface area contributed by atoms with Gasteiger partial charge in [-0.05, 0) is 43.3 Å². The zero-order valence-corrected chi connectivity index (χ0v) is 16.6. The molecule has 0 aliphatic rings. The number of fused-ring (bicyclic) bond motifs is 3. The molecule has 0 fully saturated rings. The fraction of sp³-hybridized carbons (Fsp3) is 0.208. The van der Waals surface area contributed by atoms with Crippen molar-refractivity contribution in [1.29, 1.82) is 0 Å². The molecule has 3 nitrogen and oxygen atoms in total. The van der Waals surface area contributed by atoms with Crippen LogP contribution in [0.4, 0.5) is 17.6 Å². The summed E-state index contributed by atoms with van der Waals surface area (Å²) in [5, 5.41) is 1.89. The highest BCUT2D eigenvalue weighted by molar-refractivity contribution is 6.15. The Kier molecular flexibility index (Phi) is 5.43. The van der Waals surface area contributed by atoms with Gasteiger partial charge in [-0.1, -0.05) is 30.3 Å². The molecule has 0 amide bonds. The molecule has 3 aromatic carbocycles. The van der Waals surface area contributed by atoms with E-state index >= 15 is 0 Å². The SMILES string of the molecule is CCn1c2ccccc2c2cc(C(=O)c3ccccc3OCC(F)(F)C(F)F)ccc21. The number of nitrogens with zero attached hydrogens (tertiary/aromatic N) is 1.